The highest BCUT2D eigenvalue weighted by Crippen LogP contribution is 2.25. The number of likely N-dealkylation sites (tertiary alicyclic amines) is 1. The number of piperidine rings is 1. The standard InChI is InChI=1S/C15H23N5O/c1-18(2)13-10-14(17-11-16-13)19-8-5-12(6-9-19)20-7-3-4-15(20)21/h10-12H,3-9H2,1-2H3. The van der Waals surface area contributed by atoms with Crippen LogP contribution >= 0.6 is 0 Å². The molecule has 0 spiro atoms. The molecule has 0 N–H and O–H groups in total. The normalized spacial score (nSPS) is 20.2. The third-order valence-corrected chi connectivity index (χ3v) is 4.44. The zero-order valence-electron chi connectivity index (χ0n) is 12.8. The molecule has 1 aromatic heterocycles. The highest BCUT2D eigenvalue weighted by molar-refractivity contribution is 5.78. The Morgan fingerprint density at radius 2 is 1.95 bits per heavy atom. The summed E-state index contributed by atoms with van der Waals surface area (Å²) in [6, 6.07) is 2.45. The van der Waals surface area contributed by atoms with Gasteiger partial charge in [-0.05, 0) is 19.3 Å². The molecule has 0 aromatic carbocycles. The summed E-state index contributed by atoms with van der Waals surface area (Å²) in [5.41, 5.74) is 0. The van der Waals surface area contributed by atoms with Crippen molar-refractivity contribution in [2.75, 3.05) is 43.5 Å². The van der Waals surface area contributed by atoms with Crippen LogP contribution in [0.3, 0.4) is 0 Å². The Hall–Kier alpha value is -1.85. The topological polar surface area (TPSA) is 52.6 Å². The maximum Gasteiger partial charge on any atom is 0.222 e. The van der Waals surface area contributed by atoms with Crippen molar-refractivity contribution in [3.63, 3.8) is 0 Å². The molecule has 3 heterocycles. The maximum absolute atomic E-state index is 11.8. The van der Waals surface area contributed by atoms with E-state index in [-0.39, 0.29) is 0 Å². The molecule has 1 aromatic rings. The van der Waals surface area contributed by atoms with Crippen LogP contribution in [0.15, 0.2) is 12.4 Å². The zero-order valence-corrected chi connectivity index (χ0v) is 12.8. The van der Waals surface area contributed by atoms with Crippen LogP contribution in [0, 0.1) is 0 Å². The monoisotopic (exact) mass is 289 g/mol. The van der Waals surface area contributed by atoms with Crippen molar-refractivity contribution in [3.8, 4) is 0 Å². The Bertz CT molecular complexity index is 511. The summed E-state index contributed by atoms with van der Waals surface area (Å²) in [5.74, 6) is 2.25. The average Bonchev–Trinajstić information content (AvgIpc) is 2.94. The molecule has 2 aliphatic heterocycles. The number of aromatic nitrogens is 2. The van der Waals surface area contributed by atoms with Crippen LogP contribution in [-0.2, 0) is 4.79 Å². The molecule has 21 heavy (non-hydrogen) atoms. The highest BCUT2D eigenvalue weighted by atomic mass is 16.2. The first-order chi connectivity index (χ1) is 10.1. The van der Waals surface area contributed by atoms with E-state index in [2.05, 4.69) is 19.8 Å². The van der Waals surface area contributed by atoms with Gasteiger partial charge < -0.3 is 14.7 Å². The predicted molar refractivity (Wildman–Crippen MR) is 82.5 cm³/mol. The maximum atomic E-state index is 11.8. The van der Waals surface area contributed by atoms with E-state index in [4.69, 9.17) is 0 Å². The molecule has 114 valence electrons. The number of hydrogen-bond donors (Lipinski definition) is 0. The minimum absolute atomic E-state index is 0.338. The van der Waals surface area contributed by atoms with Crippen molar-refractivity contribution in [1.29, 1.82) is 0 Å². The molecule has 1 amide bonds. The van der Waals surface area contributed by atoms with E-state index in [0.29, 0.717) is 11.9 Å². The number of rotatable bonds is 3. The van der Waals surface area contributed by atoms with Crippen molar-refractivity contribution >= 4 is 17.5 Å². The van der Waals surface area contributed by atoms with E-state index >= 15 is 0 Å². The number of anilines is 2. The molecule has 0 bridgehead atoms. The number of hydrogen-bond acceptors (Lipinski definition) is 5. The van der Waals surface area contributed by atoms with Gasteiger partial charge in [0, 0.05) is 52.3 Å². The van der Waals surface area contributed by atoms with Gasteiger partial charge in [0.05, 0.1) is 0 Å². The van der Waals surface area contributed by atoms with Crippen LogP contribution < -0.4 is 9.80 Å². The number of carbonyl (C=O) groups is 1. The van der Waals surface area contributed by atoms with Crippen molar-refractivity contribution in [2.45, 2.75) is 31.7 Å². The number of carbonyl (C=O) groups excluding carboxylic acids is 1. The van der Waals surface area contributed by atoms with Crippen LogP contribution in [0.1, 0.15) is 25.7 Å². The van der Waals surface area contributed by atoms with Gasteiger partial charge in [-0.15, -0.1) is 0 Å². The van der Waals surface area contributed by atoms with E-state index in [1.54, 1.807) is 6.33 Å². The Kier molecular flexibility index (Phi) is 3.94. The van der Waals surface area contributed by atoms with Crippen molar-refractivity contribution in [1.82, 2.24) is 14.9 Å². The fourth-order valence-electron chi connectivity index (χ4n) is 3.22. The molecule has 2 fully saturated rings. The lowest BCUT2D eigenvalue weighted by molar-refractivity contribution is -0.130. The van der Waals surface area contributed by atoms with Crippen LogP contribution in [0.2, 0.25) is 0 Å². The molecule has 0 saturated carbocycles. The lowest BCUT2D eigenvalue weighted by Crippen LogP contribution is -2.45. The van der Waals surface area contributed by atoms with Crippen molar-refractivity contribution in [3.05, 3.63) is 12.4 Å². The molecule has 0 aliphatic carbocycles. The third-order valence-electron chi connectivity index (χ3n) is 4.44. The molecule has 6 heteroatoms. The first-order valence-electron chi connectivity index (χ1n) is 7.69. The van der Waals surface area contributed by atoms with Crippen molar-refractivity contribution in [2.24, 2.45) is 0 Å². The second kappa shape index (κ2) is 5.87. The van der Waals surface area contributed by atoms with E-state index in [9.17, 15) is 4.79 Å². The summed E-state index contributed by atoms with van der Waals surface area (Å²) in [4.78, 5) is 26.8. The van der Waals surface area contributed by atoms with Crippen molar-refractivity contribution < 1.29 is 4.79 Å². The van der Waals surface area contributed by atoms with Gasteiger partial charge in [0.25, 0.3) is 0 Å². The first-order valence-corrected chi connectivity index (χ1v) is 7.69. The van der Waals surface area contributed by atoms with Gasteiger partial charge >= 0.3 is 0 Å². The largest absolute Gasteiger partial charge is 0.363 e. The fraction of sp³-hybridized carbons (Fsp3) is 0.667. The van der Waals surface area contributed by atoms with Crippen LogP contribution in [0.4, 0.5) is 11.6 Å². The van der Waals surface area contributed by atoms with Crippen LogP contribution in [0.25, 0.3) is 0 Å². The highest BCUT2D eigenvalue weighted by Gasteiger charge is 2.30. The van der Waals surface area contributed by atoms with Gasteiger partial charge in [0.1, 0.15) is 18.0 Å². The van der Waals surface area contributed by atoms with Gasteiger partial charge in [0.15, 0.2) is 0 Å². The summed E-state index contributed by atoms with van der Waals surface area (Å²) in [7, 11) is 3.97. The predicted octanol–water partition coefficient (Wildman–Crippen LogP) is 1.13. The Labute approximate surface area is 125 Å². The Balaban J connectivity index is 1.63. The summed E-state index contributed by atoms with van der Waals surface area (Å²) < 4.78 is 0. The molecule has 0 radical (unpaired) electrons. The smallest absolute Gasteiger partial charge is 0.222 e. The van der Waals surface area contributed by atoms with E-state index in [1.165, 1.54) is 0 Å². The van der Waals surface area contributed by atoms with E-state index in [1.807, 2.05) is 25.1 Å². The van der Waals surface area contributed by atoms with Gasteiger partial charge in [-0.1, -0.05) is 0 Å². The van der Waals surface area contributed by atoms with Crippen LogP contribution in [-0.4, -0.2) is 60.5 Å². The molecule has 6 nitrogen and oxygen atoms in total. The lowest BCUT2D eigenvalue weighted by Gasteiger charge is -2.37. The number of amides is 1. The second-order valence-electron chi connectivity index (χ2n) is 6.04. The van der Waals surface area contributed by atoms with Gasteiger partial charge in [-0.2, -0.15) is 0 Å². The van der Waals surface area contributed by atoms with E-state index < -0.39 is 0 Å². The molecule has 3 rings (SSSR count). The van der Waals surface area contributed by atoms with Gasteiger partial charge in [0.2, 0.25) is 5.91 Å². The first kappa shape index (κ1) is 14.1. The van der Waals surface area contributed by atoms with Gasteiger partial charge in [-0.3, -0.25) is 4.79 Å². The van der Waals surface area contributed by atoms with E-state index in [0.717, 1.165) is 57.0 Å². The third kappa shape index (κ3) is 2.94. The molecule has 2 aliphatic rings. The Morgan fingerprint density at radius 1 is 1.19 bits per heavy atom. The molecule has 2 saturated heterocycles. The summed E-state index contributed by atoms with van der Waals surface area (Å²) >= 11 is 0. The molecule has 0 unspecified atom stereocenters. The zero-order chi connectivity index (χ0) is 14.8. The molecular formula is C15H23N5O. The SMILES string of the molecule is CN(C)c1cc(N2CCC(N3CCCC3=O)CC2)ncn1. The summed E-state index contributed by atoms with van der Waals surface area (Å²) in [5, 5.41) is 0. The average molecular weight is 289 g/mol. The minimum Gasteiger partial charge on any atom is -0.363 e. The number of nitrogens with zero attached hydrogens (tertiary/aromatic N) is 5. The van der Waals surface area contributed by atoms with Gasteiger partial charge in [-0.25, -0.2) is 9.97 Å². The lowest BCUT2D eigenvalue weighted by atomic mass is 10.0. The fourth-order valence-corrected chi connectivity index (χ4v) is 3.22. The second-order valence-corrected chi connectivity index (χ2v) is 6.04. The molecular weight excluding hydrogens is 266 g/mol. The quantitative estimate of drug-likeness (QED) is 0.835. The molecule has 0 atom stereocenters. The summed E-state index contributed by atoms with van der Waals surface area (Å²) in [6.07, 6.45) is 5.45. The minimum atomic E-state index is 0.338. The van der Waals surface area contributed by atoms with Crippen LogP contribution in [0.5, 0.6) is 0 Å². The summed E-state index contributed by atoms with van der Waals surface area (Å²) in [6.45, 7) is 2.86. The Morgan fingerprint density at radius 3 is 2.57 bits per heavy atom.